The van der Waals surface area contributed by atoms with E-state index < -0.39 is 35.2 Å². The molecule has 1 unspecified atom stereocenters. The van der Waals surface area contributed by atoms with Crippen molar-refractivity contribution in [2.75, 3.05) is 18.5 Å². The van der Waals surface area contributed by atoms with Crippen LogP contribution >= 0.6 is 0 Å². The first kappa shape index (κ1) is 29.7. The molecule has 0 radical (unpaired) electrons. The Labute approximate surface area is 241 Å². The highest BCUT2D eigenvalue weighted by molar-refractivity contribution is 6.01. The van der Waals surface area contributed by atoms with Crippen molar-refractivity contribution in [1.29, 1.82) is 0 Å². The van der Waals surface area contributed by atoms with Gasteiger partial charge in [0.15, 0.2) is 5.65 Å². The number of nitrogens with one attached hydrogen (secondary N) is 2. The molecule has 0 spiro atoms. The number of anilines is 1. The van der Waals surface area contributed by atoms with Crippen LogP contribution in [0.3, 0.4) is 0 Å². The number of non-ortho nitro benzene ring substituents is 1. The highest BCUT2D eigenvalue weighted by Crippen LogP contribution is 2.31. The van der Waals surface area contributed by atoms with Crippen LogP contribution in [0.2, 0.25) is 0 Å². The fourth-order valence-electron chi connectivity index (χ4n) is 4.53. The molecule has 2 heterocycles. The fourth-order valence-corrected chi connectivity index (χ4v) is 4.53. The number of carboxylic acid groups (broad SMARTS) is 1. The van der Waals surface area contributed by atoms with Gasteiger partial charge in [0, 0.05) is 23.9 Å². The maximum atomic E-state index is 13.6. The first-order chi connectivity index (χ1) is 20.1. The van der Waals surface area contributed by atoms with Gasteiger partial charge in [0.1, 0.15) is 18.1 Å². The number of carbonyl (C=O) groups excluding carboxylic acids is 2. The van der Waals surface area contributed by atoms with Crippen LogP contribution in [0.1, 0.15) is 60.6 Å². The maximum Gasteiger partial charge on any atom is 0.325 e. The Hall–Kier alpha value is -5.26. The molecule has 42 heavy (non-hydrogen) atoms. The number of benzene rings is 2. The number of pyridine rings is 1. The monoisotopic (exact) mass is 573 g/mol. The third-order valence-corrected chi connectivity index (χ3v) is 6.62. The number of ether oxygens (including phenoxy) is 1. The van der Waals surface area contributed by atoms with Gasteiger partial charge in [-0.3, -0.25) is 28.9 Å². The molecule has 4 rings (SSSR count). The van der Waals surface area contributed by atoms with Gasteiger partial charge < -0.3 is 20.5 Å². The summed E-state index contributed by atoms with van der Waals surface area (Å²) in [5.74, 6) is -1.49. The summed E-state index contributed by atoms with van der Waals surface area (Å²) in [5, 5.41) is 26.6. The molecule has 12 heteroatoms. The van der Waals surface area contributed by atoms with Gasteiger partial charge in [-0.1, -0.05) is 50.2 Å². The van der Waals surface area contributed by atoms with Crippen LogP contribution in [0.5, 0.6) is 0 Å². The Morgan fingerprint density at radius 3 is 2.45 bits per heavy atom. The number of aliphatic carboxylic acids is 1. The van der Waals surface area contributed by atoms with Gasteiger partial charge >= 0.3 is 11.9 Å². The summed E-state index contributed by atoms with van der Waals surface area (Å²) in [4.78, 5) is 52.8. The predicted molar refractivity (Wildman–Crippen MR) is 155 cm³/mol. The number of esters is 1. The number of hydrogen-bond acceptors (Lipinski definition) is 8. The van der Waals surface area contributed by atoms with Gasteiger partial charge in [0.05, 0.1) is 29.6 Å². The lowest BCUT2D eigenvalue weighted by Gasteiger charge is -2.17. The Kier molecular flexibility index (Phi) is 9.15. The quantitative estimate of drug-likeness (QED) is 0.121. The van der Waals surface area contributed by atoms with Crippen molar-refractivity contribution in [2.24, 2.45) is 0 Å². The smallest absolute Gasteiger partial charge is 0.325 e. The van der Waals surface area contributed by atoms with E-state index >= 15 is 0 Å². The van der Waals surface area contributed by atoms with Crippen LogP contribution in [-0.4, -0.2) is 50.4 Å². The lowest BCUT2D eigenvalue weighted by atomic mass is 10.0. The fraction of sp³-hybridized carbons (Fsp3) is 0.267. The molecule has 2 aromatic heterocycles. The molecule has 0 bridgehead atoms. The van der Waals surface area contributed by atoms with Crippen LogP contribution in [0.25, 0.3) is 16.9 Å². The zero-order valence-corrected chi connectivity index (χ0v) is 23.4. The lowest BCUT2D eigenvalue weighted by molar-refractivity contribution is -0.384. The topological polar surface area (TPSA) is 165 Å². The maximum absolute atomic E-state index is 13.6. The molecule has 1 amide bonds. The van der Waals surface area contributed by atoms with Crippen LogP contribution in [0, 0.1) is 10.1 Å². The zero-order chi connectivity index (χ0) is 30.4. The average Bonchev–Trinajstić information content (AvgIpc) is 3.34. The van der Waals surface area contributed by atoms with Gasteiger partial charge in [-0.05, 0) is 36.1 Å². The number of carbonyl (C=O) groups is 3. The van der Waals surface area contributed by atoms with Gasteiger partial charge in [0.2, 0.25) is 0 Å². The van der Waals surface area contributed by atoms with Crippen LogP contribution < -0.4 is 10.6 Å². The second-order valence-electron chi connectivity index (χ2n) is 9.84. The van der Waals surface area contributed by atoms with Crippen molar-refractivity contribution in [1.82, 2.24) is 14.7 Å². The van der Waals surface area contributed by atoms with E-state index in [0.29, 0.717) is 17.4 Å². The third kappa shape index (κ3) is 6.72. The van der Waals surface area contributed by atoms with Crippen molar-refractivity contribution >= 4 is 35.0 Å². The minimum atomic E-state index is -1.19. The van der Waals surface area contributed by atoms with Crippen molar-refractivity contribution in [3.05, 3.63) is 93.7 Å². The molecule has 3 N–H and O–H groups in total. The Morgan fingerprint density at radius 2 is 1.81 bits per heavy atom. The van der Waals surface area contributed by atoms with Crippen LogP contribution in [-0.2, 0) is 14.3 Å². The molecular weight excluding hydrogens is 542 g/mol. The van der Waals surface area contributed by atoms with E-state index in [-0.39, 0.29) is 35.6 Å². The SMILES string of the molecule is CCOC(=O)CNc1c(-c2ccc(C(C)C)cc2)nc2c(C(=O)NC(CC(=O)O)c3cccc([N+](=O)[O-])c3)cccn12. The first-order valence-corrected chi connectivity index (χ1v) is 13.4. The Morgan fingerprint density at radius 1 is 1.07 bits per heavy atom. The van der Waals surface area contributed by atoms with E-state index in [9.17, 15) is 29.6 Å². The third-order valence-electron chi connectivity index (χ3n) is 6.62. The summed E-state index contributed by atoms with van der Waals surface area (Å²) < 4.78 is 6.70. The van der Waals surface area contributed by atoms with E-state index in [2.05, 4.69) is 24.5 Å². The molecule has 218 valence electrons. The van der Waals surface area contributed by atoms with Gasteiger partial charge in [-0.15, -0.1) is 0 Å². The summed E-state index contributed by atoms with van der Waals surface area (Å²) in [6.45, 7) is 5.97. The molecule has 1 atom stereocenters. The molecular formula is C30H31N5O7. The second kappa shape index (κ2) is 12.9. The number of rotatable bonds is 12. The molecule has 0 fully saturated rings. The summed E-state index contributed by atoms with van der Waals surface area (Å²) in [6, 6.07) is 15.4. The summed E-state index contributed by atoms with van der Waals surface area (Å²) in [6.07, 6.45) is 1.19. The summed E-state index contributed by atoms with van der Waals surface area (Å²) in [5.41, 5.74) is 2.84. The van der Waals surface area contributed by atoms with Crippen molar-refractivity contribution in [3.8, 4) is 11.3 Å². The van der Waals surface area contributed by atoms with Gasteiger partial charge in [-0.25, -0.2) is 4.98 Å². The van der Waals surface area contributed by atoms with Gasteiger partial charge in [-0.2, -0.15) is 0 Å². The van der Waals surface area contributed by atoms with Crippen molar-refractivity contribution in [3.63, 3.8) is 0 Å². The number of hydrogen-bond donors (Lipinski definition) is 3. The standard InChI is InChI=1S/C30H31N5O7/c1-4-42-26(38)17-31-29-27(20-12-10-19(11-13-20)18(2)3)33-28-23(9-6-14-34(28)29)30(39)32-24(16-25(36)37)21-7-5-8-22(15-21)35(40)41/h5-15,18,24,31H,4,16-17H2,1-3H3,(H,32,39)(H,36,37). The summed E-state index contributed by atoms with van der Waals surface area (Å²) >= 11 is 0. The highest BCUT2D eigenvalue weighted by Gasteiger charge is 2.24. The summed E-state index contributed by atoms with van der Waals surface area (Å²) in [7, 11) is 0. The number of carboxylic acids is 1. The van der Waals surface area contributed by atoms with Crippen molar-refractivity contribution < 1.29 is 29.2 Å². The minimum Gasteiger partial charge on any atom is -0.481 e. The number of aromatic nitrogens is 2. The largest absolute Gasteiger partial charge is 0.481 e. The van der Waals surface area contributed by atoms with Gasteiger partial charge in [0.25, 0.3) is 11.6 Å². The molecule has 0 aliphatic heterocycles. The Bertz CT molecular complexity index is 1630. The second-order valence-corrected chi connectivity index (χ2v) is 9.84. The molecule has 4 aromatic rings. The number of nitrogens with zero attached hydrogens (tertiary/aromatic N) is 3. The highest BCUT2D eigenvalue weighted by atomic mass is 16.6. The average molecular weight is 574 g/mol. The van der Waals surface area contributed by atoms with Crippen molar-refractivity contribution in [2.45, 2.75) is 39.2 Å². The number of amides is 1. The molecule has 2 aromatic carbocycles. The minimum absolute atomic E-state index is 0.136. The lowest BCUT2D eigenvalue weighted by Crippen LogP contribution is -2.30. The number of imidazole rings is 1. The molecule has 0 saturated carbocycles. The van der Waals surface area contributed by atoms with Crippen LogP contribution in [0.15, 0.2) is 66.9 Å². The normalized spacial score (nSPS) is 11.7. The van der Waals surface area contributed by atoms with E-state index in [4.69, 9.17) is 9.72 Å². The van der Waals surface area contributed by atoms with Crippen LogP contribution in [0.4, 0.5) is 11.5 Å². The number of nitro benzene ring substituents is 1. The van der Waals surface area contributed by atoms with E-state index in [1.165, 1.54) is 24.3 Å². The number of fused-ring (bicyclic) bond motifs is 1. The van der Waals surface area contributed by atoms with E-state index in [0.717, 1.165) is 11.1 Å². The Balaban J connectivity index is 1.76. The van der Waals surface area contributed by atoms with E-state index in [1.54, 1.807) is 29.7 Å². The zero-order valence-electron chi connectivity index (χ0n) is 23.4. The molecule has 12 nitrogen and oxygen atoms in total. The predicted octanol–water partition coefficient (Wildman–Crippen LogP) is 4.95. The van der Waals surface area contributed by atoms with E-state index in [1.807, 2.05) is 24.3 Å². The molecule has 0 aliphatic rings. The number of nitro groups is 1. The molecule has 0 aliphatic carbocycles. The first-order valence-electron chi connectivity index (χ1n) is 13.4. The molecule has 0 saturated heterocycles.